The summed E-state index contributed by atoms with van der Waals surface area (Å²) in [6.45, 7) is 2.93. The highest BCUT2D eigenvalue weighted by molar-refractivity contribution is 5.50. The van der Waals surface area contributed by atoms with Crippen LogP contribution in [0.4, 0.5) is 5.69 Å². The van der Waals surface area contributed by atoms with Gasteiger partial charge in [-0.05, 0) is 49.6 Å². The van der Waals surface area contributed by atoms with Crippen molar-refractivity contribution in [1.29, 1.82) is 0 Å². The summed E-state index contributed by atoms with van der Waals surface area (Å²) in [7, 11) is 0. The van der Waals surface area contributed by atoms with Crippen molar-refractivity contribution in [1.82, 2.24) is 0 Å². The molecule has 4 rings (SSSR count). The molecule has 2 heterocycles. The highest BCUT2D eigenvalue weighted by Crippen LogP contribution is 2.38. The van der Waals surface area contributed by atoms with Crippen molar-refractivity contribution in [2.24, 2.45) is 0 Å². The van der Waals surface area contributed by atoms with Gasteiger partial charge in [0.05, 0.1) is 24.9 Å². The van der Waals surface area contributed by atoms with E-state index in [1.54, 1.807) is 0 Å². The summed E-state index contributed by atoms with van der Waals surface area (Å²) in [4.78, 5) is 6.00. The van der Waals surface area contributed by atoms with Gasteiger partial charge in [-0.2, -0.15) is 0 Å². The van der Waals surface area contributed by atoms with Crippen LogP contribution in [0.5, 0.6) is 5.75 Å². The molecular formula is C17H23NO3. The minimum atomic E-state index is -0.537. The van der Waals surface area contributed by atoms with Crippen molar-refractivity contribution in [3.05, 3.63) is 36.4 Å². The van der Waals surface area contributed by atoms with Gasteiger partial charge in [-0.15, -0.1) is 0 Å². The maximum Gasteiger partial charge on any atom is 0.137 e. The van der Waals surface area contributed by atoms with Crippen LogP contribution in [0.1, 0.15) is 32.6 Å². The second-order valence-corrected chi connectivity index (χ2v) is 5.80. The Hall–Kier alpha value is -1.52. The van der Waals surface area contributed by atoms with E-state index in [1.165, 1.54) is 0 Å². The number of aliphatic hydroxyl groups is 1. The topological polar surface area (TPSA) is 41.9 Å². The van der Waals surface area contributed by atoms with Crippen LogP contribution in [-0.2, 0) is 4.84 Å². The zero-order valence-electron chi connectivity index (χ0n) is 12.5. The minimum absolute atomic E-state index is 0.0188. The third kappa shape index (κ3) is 2.92. The van der Waals surface area contributed by atoms with Gasteiger partial charge < -0.3 is 9.84 Å². The normalized spacial score (nSPS) is 27.1. The molecule has 1 N–H and O–H groups in total. The molecule has 114 valence electrons. The molecule has 0 spiro atoms. The summed E-state index contributed by atoms with van der Waals surface area (Å²) in [5, 5.41) is 11.5. The Kier molecular flexibility index (Phi) is 4.17. The summed E-state index contributed by atoms with van der Waals surface area (Å²) in [5.74, 6) is 0.891. The molecule has 1 saturated heterocycles. The molecular weight excluding hydrogens is 266 g/mol. The predicted molar refractivity (Wildman–Crippen MR) is 82.4 cm³/mol. The molecule has 0 saturated carbocycles. The van der Waals surface area contributed by atoms with Crippen molar-refractivity contribution >= 4 is 5.69 Å². The number of fused-ring (bicyclic) bond motifs is 2. The summed E-state index contributed by atoms with van der Waals surface area (Å²) in [5.41, 5.74) is 0.468. The minimum Gasteiger partial charge on any atom is -0.494 e. The van der Waals surface area contributed by atoms with Crippen LogP contribution in [0.15, 0.2) is 36.4 Å². The standard InChI is InChI=1S/C17H23NO3/c1-2-3-12-20-16-6-4-14(5-7-16)18-15-8-10-17(13-19,21-18)11-9-15/h4-8,10,15,19H,2-3,9,11-13H2,1H3/t15-,17+/m1/s1. The predicted octanol–water partition coefficient (Wildman–Crippen LogP) is 3.07. The van der Waals surface area contributed by atoms with Gasteiger partial charge in [-0.25, -0.2) is 5.06 Å². The van der Waals surface area contributed by atoms with Crippen molar-refractivity contribution in [3.63, 3.8) is 0 Å². The lowest BCUT2D eigenvalue weighted by molar-refractivity contribution is -0.104. The first kappa shape index (κ1) is 14.4. The van der Waals surface area contributed by atoms with Crippen LogP contribution in [-0.4, -0.2) is 30.0 Å². The Balaban J connectivity index is 1.69. The van der Waals surface area contributed by atoms with E-state index in [0.717, 1.165) is 43.7 Å². The van der Waals surface area contributed by atoms with E-state index in [9.17, 15) is 5.11 Å². The lowest BCUT2D eigenvalue weighted by Gasteiger charge is -2.48. The molecule has 2 atom stereocenters. The zero-order chi connectivity index (χ0) is 14.7. The molecule has 0 radical (unpaired) electrons. The molecule has 1 aromatic rings. The molecule has 3 aliphatic rings. The summed E-state index contributed by atoms with van der Waals surface area (Å²) < 4.78 is 5.68. The van der Waals surface area contributed by atoms with Gasteiger partial charge >= 0.3 is 0 Å². The largest absolute Gasteiger partial charge is 0.494 e. The number of rotatable bonds is 6. The number of nitrogens with zero attached hydrogens (tertiary/aromatic N) is 1. The molecule has 0 amide bonds. The van der Waals surface area contributed by atoms with E-state index in [4.69, 9.17) is 9.57 Å². The highest BCUT2D eigenvalue weighted by atomic mass is 16.7. The van der Waals surface area contributed by atoms with Crippen LogP contribution < -0.4 is 9.80 Å². The Morgan fingerprint density at radius 3 is 2.81 bits per heavy atom. The molecule has 1 aliphatic carbocycles. The molecule has 2 aliphatic heterocycles. The molecule has 2 bridgehead atoms. The number of aliphatic hydroxyl groups excluding tert-OH is 1. The van der Waals surface area contributed by atoms with E-state index in [2.05, 4.69) is 13.0 Å². The maximum atomic E-state index is 9.57. The fourth-order valence-corrected chi connectivity index (χ4v) is 2.82. The van der Waals surface area contributed by atoms with Crippen LogP contribution in [0, 0.1) is 0 Å². The van der Waals surface area contributed by atoms with Crippen LogP contribution in [0.2, 0.25) is 0 Å². The number of hydrogen-bond acceptors (Lipinski definition) is 4. The lowest BCUT2D eigenvalue weighted by atomic mass is 9.87. The van der Waals surface area contributed by atoms with Gasteiger partial charge in [0.1, 0.15) is 11.4 Å². The molecule has 4 heteroatoms. The number of hydroxylamine groups is 1. The van der Waals surface area contributed by atoms with Gasteiger partial charge in [0.25, 0.3) is 0 Å². The zero-order valence-corrected chi connectivity index (χ0v) is 12.5. The van der Waals surface area contributed by atoms with Crippen LogP contribution in [0.25, 0.3) is 0 Å². The number of anilines is 1. The number of benzene rings is 1. The molecule has 0 aromatic heterocycles. The first-order valence-electron chi connectivity index (χ1n) is 7.78. The van der Waals surface area contributed by atoms with Crippen molar-refractivity contribution in [2.75, 3.05) is 18.3 Å². The first-order valence-corrected chi connectivity index (χ1v) is 7.78. The first-order chi connectivity index (χ1) is 10.3. The van der Waals surface area contributed by atoms with E-state index < -0.39 is 5.60 Å². The van der Waals surface area contributed by atoms with Crippen LogP contribution >= 0.6 is 0 Å². The average molecular weight is 289 g/mol. The fourth-order valence-electron chi connectivity index (χ4n) is 2.82. The van der Waals surface area contributed by atoms with Crippen molar-refractivity contribution in [2.45, 2.75) is 44.2 Å². The summed E-state index contributed by atoms with van der Waals surface area (Å²) in [6.07, 6.45) is 8.22. The number of ether oxygens (including phenoxy) is 1. The highest BCUT2D eigenvalue weighted by Gasteiger charge is 2.42. The summed E-state index contributed by atoms with van der Waals surface area (Å²) in [6, 6.07) is 8.24. The van der Waals surface area contributed by atoms with Gasteiger partial charge in [0, 0.05) is 0 Å². The Bertz CT molecular complexity index is 499. The third-order valence-corrected chi connectivity index (χ3v) is 4.19. The molecule has 4 nitrogen and oxygen atoms in total. The Morgan fingerprint density at radius 2 is 2.19 bits per heavy atom. The fraction of sp³-hybridized carbons (Fsp3) is 0.529. The van der Waals surface area contributed by atoms with Gasteiger partial charge in [0.15, 0.2) is 0 Å². The third-order valence-electron chi connectivity index (χ3n) is 4.19. The van der Waals surface area contributed by atoms with Gasteiger partial charge in [-0.3, -0.25) is 4.84 Å². The monoisotopic (exact) mass is 289 g/mol. The second kappa shape index (κ2) is 6.08. The van der Waals surface area contributed by atoms with E-state index >= 15 is 0 Å². The average Bonchev–Trinajstić information content (AvgIpc) is 2.57. The van der Waals surface area contributed by atoms with Gasteiger partial charge in [0.2, 0.25) is 0 Å². The number of unbranched alkanes of at least 4 members (excludes halogenated alkanes) is 1. The summed E-state index contributed by atoms with van der Waals surface area (Å²) >= 11 is 0. The second-order valence-electron chi connectivity index (χ2n) is 5.80. The van der Waals surface area contributed by atoms with E-state index in [-0.39, 0.29) is 12.6 Å². The SMILES string of the molecule is CCCCOc1ccc(N2O[C@@]3(CO)C=C[C@@H]2CC3)cc1. The van der Waals surface area contributed by atoms with Crippen molar-refractivity contribution in [3.8, 4) is 5.75 Å². The van der Waals surface area contributed by atoms with E-state index in [0.29, 0.717) is 0 Å². The Morgan fingerprint density at radius 1 is 1.38 bits per heavy atom. The quantitative estimate of drug-likeness (QED) is 0.645. The molecule has 1 aromatic carbocycles. The van der Waals surface area contributed by atoms with Gasteiger partial charge in [-0.1, -0.05) is 19.4 Å². The van der Waals surface area contributed by atoms with Crippen LogP contribution in [0.3, 0.4) is 0 Å². The number of hydrogen-bond donors (Lipinski definition) is 1. The van der Waals surface area contributed by atoms with E-state index in [1.807, 2.05) is 35.4 Å². The lowest BCUT2D eigenvalue weighted by Crippen LogP contribution is -2.54. The molecule has 0 unspecified atom stereocenters. The molecule has 21 heavy (non-hydrogen) atoms. The maximum absolute atomic E-state index is 9.57. The Labute approximate surface area is 125 Å². The smallest absolute Gasteiger partial charge is 0.137 e. The van der Waals surface area contributed by atoms with Crippen molar-refractivity contribution < 1.29 is 14.7 Å². The molecule has 1 fully saturated rings.